The van der Waals surface area contributed by atoms with Crippen LogP contribution < -0.4 is 0 Å². The Hall–Kier alpha value is -0.640. The lowest BCUT2D eigenvalue weighted by Gasteiger charge is -2.30. The molecular weight excluding hydrogens is 538 g/mol. The second-order valence-electron chi connectivity index (χ2n) is 13.7. The number of allylic oxidation sites excluding steroid dienone is 4. The van der Waals surface area contributed by atoms with Gasteiger partial charge in [0.1, 0.15) is 6.23 Å². The Morgan fingerprint density at radius 3 is 1.05 bits per heavy atom. The first-order chi connectivity index (χ1) is 21.6. The van der Waals surface area contributed by atoms with Gasteiger partial charge in [-0.15, -0.1) is 0 Å². The van der Waals surface area contributed by atoms with Gasteiger partial charge in [-0.1, -0.05) is 154 Å². The van der Waals surface area contributed by atoms with E-state index < -0.39 is 0 Å². The minimum Gasteiger partial charge on any atom is -0.374 e. The zero-order chi connectivity index (χ0) is 32.2. The first kappa shape index (κ1) is 43.4. The maximum absolute atomic E-state index is 6.25. The van der Waals surface area contributed by atoms with Gasteiger partial charge in [0.15, 0.2) is 0 Å². The summed E-state index contributed by atoms with van der Waals surface area (Å²) in [6.45, 7) is 8.44. The summed E-state index contributed by atoms with van der Waals surface area (Å²) in [5.74, 6) is 0. The Kier molecular flexibility index (Phi) is 36.3. The van der Waals surface area contributed by atoms with Gasteiger partial charge in [0.05, 0.1) is 6.10 Å². The summed E-state index contributed by atoms with van der Waals surface area (Å²) in [6, 6.07) is 0. The largest absolute Gasteiger partial charge is 0.374 e. The molecule has 0 saturated heterocycles. The molecule has 2 atom stereocenters. The van der Waals surface area contributed by atoms with Crippen molar-refractivity contribution in [1.29, 1.82) is 0 Å². The smallest absolute Gasteiger partial charge is 0.136 e. The lowest BCUT2D eigenvalue weighted by Crippen LogP contribution is -2.41. The van der Waals surface area contributed by atoms with Crippen molar-refractivity contribution in [2.24, 2.45) is 0 Å². The molecular formula is C41H81NO2. The normalized spacial score (nSPS) is 13.6. The average molecular weight is 620 g/mol. The van der Waals surface area contributed by atoms with Crippen molar-refractivity contribution in [3.63, 3.8) is 0 Å². The summed E-state index contributed by atoms with van der Waals surface area (Å²) < 4.78 is 12.4. The number of nitrogens with zero attached hydrogens (tertiary/aromatic N) is 1. The summed E-state index contributed by atoms with van der Waals surface area (Å²) in [6.07, 6.45) is 47.4. The van der Waals surface area contributed by atoms with Crippen molar-refractivity contribution in [2.45, 2.75) is 213 Å². The zero-order valence-corrected chi connectivity index (χ0v) is 30.9. The lowest BCUT2D eigenvalue weighted by atomic mass is 10.1. The highest BCUT2D eigenvalue weighted by atomic mass is 16.5. The fourth-order valence-corrected chi connectivity index (χ4v) is 5.96. The van der Waals surface area contributed by atoms with Crippen LogP contribution in [0.1, 0.15) is 201 Å². The van der Waals surface area contributed by atoms with E-state index in [0.717, 1.165) is 26.1 Å². The van der Waals surface area contributed by atoms with E-state index in [1.807, 2.05) is 0 Å². The van der Waals surface area contributed by atoms with Crippen molar-refractivity contribution in [3.05, 3.63) is 24.3 Å². The third-order valence-corrected chi connectivity index (χ3v) is 8.89. The van der Waals surface area contributed by atoms with E-state index >= 15 is 0 Å². The molecule has 0 radical (unpaired) electrons. The van der Waals surface area contributed by atoms with E-state index in [-0.39, 0.29) is 12.3 Å². The molecule has 0 amide bonds. The summed E-state index contributed by atoms with van der Waals surface area (Å²) in [4.78, 5) is 2.17. The molecule has 0 heterocycles. The Balaban J connectivity index is 3.56. The number of hydrogen-bond acceptors (Lipinski definition) is 3. The first-order valence-corrected chi connectivity index (χ1v) is 19.8. The molecule has 0 fully saturated rings. The van der Waals surface area contributed by atoms with Crippen molar-refractivity contribution < 1.29 is 9.47 Å². The molecule has 0 spiro atoms. The summed E-state index contributed by atoms with van der Waals surface area (Å²) in [7, 11) is 4.22. The molecule has 0 aliphatic carbocycles. The molecule has 44 heavy (non-hydrogen) atoms. The Labute approximate surface area is 278 Å². The lowest BCUT2D eigenvalue weighted by molar-refractivity contribution is -0.125. The molecule has 0 aromatic rings. The van der Waals surface area contributed by atoms with Crippen LogP contribution in [0.5, 0.6) is 0 Å². The van der Waals surface area contributed by atoms with E-state index in [9.17, 15) is 0 Å². The van der Waals surface area contributed by atoms with Gasteiger partial charge in [-0.3, -0.25) is 4.90 Å². The van der Waals surface area contributed by atoms with Gasteiger partial charge < -0.3 is 9.47 Å². The van der Waals surface area contributed by atoms with E-state index in [2.05, 4.69) is 64.1 Å². The van der Waals surface area contributed by atoms with Crippen LogP contribution in [0.2, 0.25) is 0 Å². The quantitative estimate of drug-likeness (QED) is 0.0395. The van der Waals surface area contributed by atoms with Crippen LogP contribution in [0.15, 0.2) is 24.3 Å². The molecule has 262 valence electrons. The van der Waals surface area contributed by atoms with Gasteiger partial charge in [-0.05, 0) is 85.2 Å². The summed E-state index contributed by atoms with van der Waals surface area (Å²) in [5.41, 5.74) is 0. The molecule has 0 aliphatic heterocycles. The topological polar surface area (TPSA) is 21.7 Å². The molecule has 0 N–H and O–H groups in total. The second kappa shape index (κ2) is 36.8. The predicted molar refractivity (Wildman–Crippen MR) is 198 cm³/mol. The SMILES string of the molecule is CCCCCCCC/C=C\CCCCCCCCOC(C)C(OCCCCCCCC/C=C\CCCCCCCC)N(C)C. The van der Waals surface area contributed by atoms with Gasteiger partial charge in [0.2, 0.25) is 0 Å². The third kappa shape index (κ3) is 32.7. The predicted octanol–water partition coefficient (Wildman–Crippen LogP) is 13.4. The molecule has 0 aromatic heterocycles. The monoisotopic (exact) mass is 620 g/mol. The average Bonchev–Trinajstić information content (AvgIpc) is 3.01. The summed E-state index contributed by atoms with van der Waals surface area (Å²) in [5, 5.41) is 0. The highest BCUT2D eigenvalue weighted by molar-refractivity contribution is 4.82. The van der Waals surface area contributed by atoms with E-state index in [1.165, 1.54) is 167 Å². The minimum atomic E-state index is 0.0484. The van der Waals surface area contributed by atoms with Crippen molar-refractivity contribution in [3.8, 4) is 0 Å². The fourth-order valence-electron chi connectivity index (χ4n) is 5.96. The molecule has 0 saturated carbocycles. The fraction of sp³-hybridized carbons (Fsp3) is 0.902. The third-order valence-electron chi connectivity index (χ3n) is 8.89. The van der Waals surface area contributed by atoms with Crippen molar-refractivity contribution >= 4 is 0 Å². The highest BCUT2D eigenvalue weighted by Gasteiger charge is 2.20. The van der Waals surface area contributed by atoms with Crippen LogP contribution in [0.3, 0.4) is 0 Å². The second-order valence-corrected chi connectivity index (χ2v) is 13.7. The molecule has 2 unspecified atom stereocenters. The van der Waals surface area contributed by atoms with Crippen molar-refractivity contribution in [1.82, 2.24) is 4.90 Å². The van der Waals surface area contributed by atoms with Crippen LogP contribution in [0, 0.1) is 0 Å². The molecule has 0 rings (SSSR count). The van der Waals surface area contributed by atoms with Crippen LogP contribution in [-0.2, 0) is 9.47 Å². The van der Waals surface area contributed by atoms with E-state index in [1.54, 1.807) is 0 Å². The molecule has 0 bridgehead atoms. The zero-order valence-electron chi connectivity index (χ0n) is 30.9. The van der Waals surface area contributed by atoms with E-state index in [4.69, 9.17) is 9.47 Å². The number of likely N-dealkylation sites (N-methyl/N-ethyl adjacent to an activating group) is 1. The Morgan fingerprint density at radius 1 is 0.409 bits per heavy atom. The number of hydrogen-bond donors (Lipinski definition) is 0. The molecule has 0 aromatic carbocycles. The maximum atomic E-state index is 6.25. The van der Waals surface area contributed by atoms with Crippen LogP contribution in [0.25, 0.3) is 0 Å². The molecule has 0 aliphatic rings. The Morgan fingerprint density at radius 2 is 0.705 bits per heavy atom. The van der Waals surface area contributed by atoms with Gasteiger partial charge in [-0.25, -0.2) is 0 Å². The first-order valence-electron chi connectivity index (χ1n) is 19.8. The van der Waals surface area contributed by atoms with Gasteiger partial charge >= 0.3 is 0 Å². The van der Waals surface area contributed by atoms with Gasteiger partial charge in [0.25, 0.3) is 0 Å². The standard InChI is InChI=1S/C41H81NO2/c1-6-8-10-12-14-16-18-20-22-24-26-28-30-32-34-36-38-43-40(3)41(42(4)5)44-39-37-35-33-31-29-27-25-23-21-19-17-15-13-11-9-7-2/h20-23,40-41H,6-19,24-39H2,1-5H3/b22-20-,23-21-. The van der Waals surface area contributed by atoms with Crippen molar-refractivity contribution in [2.75, 3.05) is 27.3 Å². The van der Waals surface area contributed by atoms with Crippen LogP contribution in [0.4, 0.5) is 0 Å². The minimum absolute atomic E-state index is 0.0484. The number of rotatable bonds is 36. The Bertz CT molecular complexity index is 587. The van der Waals surface area contributed by atoms with Gasteiger partial charge in [0, 0.05) is 13.2 Å². The number of ether oxygens (including phenoxy) is 2. The van der Waals surface area contributed by atoms with Crippen LogP contribution >= 0.6 is 0 Å². The highest BCUT2D eigenvalue weighted by Crippen LogP contribution is 2.14. The molecule has 3 heteroatoms. The van der Waals surface area contributed by atoms with Crippen LogP contribution in [-0.4, -0.2) is 44.5 Å². The molecule has 3 nitrogen and oxygen atoms in total. The maximum Gasteiger partial charge on any atom is 0.136 e. The summed E-state index contributed by atoms with van der Waals surface area (Å²) >= 11 is 0. The van der Waals surface area contributed by atoms with E-state index in [0.29, 0.717) is 0 Å². The number of unbranched alkanes of at least 4 members (excludes halogenated alkanes) is 24. The van der Waals surface area contributed by atoms with Gasteiger partial charge in [-0.2, -0.15) is 0 Å².